The quantitative estimate of drug-likeness (QED) is 0.365. The van der Waals surface area contributed by atoms with Gasteiger partial charge in [-0.2, -0.15) is 0 Å². The zero-order valence-corrected chi connectivity index (χ0v) is 15.2. The third-order valence-electron chi connectivity index (χ3n) is 3.89. The topological polar surface area (TPSA) is 9.23 Å². The Kier molecular flexibility index (Phi) is 7.12. The Labute approximate surface area is 117 Å². The third-order valence-corrected chi connectivity index (χ3v) is 9.01. The zero-order valence-electron chi connectivity index (χ0n) is 12.1. The van der Waals surface area contributed by atoms with Crippen molar-refractivity contribution in [3.05, 3.63) is 0 Å². The minimum atomic E-state index is -1.55. The monoisotopic (exact) mass is 356 g/mol. The Morgan fingerprint density at radius 2 is 1.69 bits per heavy atom. The number of hydrogen-bond acceptors (Lipinski definition) is 1. The van der Waals surface area contributed by atoms with Crippen LogP contribution in [0.3, 0.4) is 0 Å². The van der Waals surface area contributed by atoms with E-state index >= 15 is 0 Å². The summed E-state index contributed by atoms with van der Waals surface area (Å²) in [6, 6.07) is 0. The average molecular weight is 356 g/mol. The summed E-state index contributed by atoms with van der Waals surface area (Å²) in [6.07, 6.45) is 1.28. The molecule has 0 N–H and O–H groups in total. The first kappa shape index (κ1) is 16.9. The van der Waals surface area contributed by atoms with Crippen LogP contribution in [0.2, 0.25) is 18.1 Å². The molecule has 0 fully saturated rings. The Morgan fingerprint density at radius 1 is 1.19 bits per heavy atom. The van der Waals surface area contributed by atoms with Gasteiger partial charge >= 0.3 is 0 Å². The van der Waals surface area contributed by atoms with Gasteiger partial charge in [0, 0.05) is 6.61 Å². The molecule has 0 spiro atoms. The van der Waals surface area contributed by atoms with Crippen molar-refractivity contribution in [1.82, 2.24) is 0 Å². The van der Waals surface area contributed by atoms with Gasteiger partial charge in [0.1, 0.15) is 0 Å². The summed E-state index contributed by atoms with van der Waals surface area (Å²) in [5.74, 6) is 1.46. The Balaban J connectivity index is 4.30. The SMILES string of the molecule is CC(C)[C@H](CCI)CO[Si](C)(C)C(C)(C)C. The molecule has 1 atom stereocenters. The molecule has 1 nitrogen and oxygen atoms in total. The van der Waals surface area contributed by atoms with Crippen LogP contribution in [0.25, 0.3) is 0 Å². The summed E-state index contributed by atoms with van der Waals surface area (Å²) >= 11 is 2.47. The maximum Gasteiger partial charge on any atom is 0.191 e. The van der Waals surface area contributed by atoms with Crippen LogP contribution in [-0.2, 0) is 4.43 Å². The molecular formula is C13H29IOSi. The van der Waals surface area contributed by atoms with Crippen molar-refractivity contribution in [2.24, 2.45) is 11.8 Å². The third kappa shape index (κ3) is 5.49. The molecule has 0 amide bonds. The molecule has 0 radical (unpaired) electrons. The van der Waals surface area contributed by atoms with Crippen LogP contribution in [0, 0.1) is 11.8 Å². The van der Waals surface area contributed by atoms with Crippen LogP contribution in [0.1, 0.15) is 41.0 Å². The van der Waals surface area contributed by atoms with E-state index in [-0.39, 0.29) is 0 Å². The first-order valence-electron chi connectivity index (χ1n) is 6.31. The minimum Gasteiger partial charge on any atom is -0.417 e. The molecule has 0 heterocycles. The molecule has 0 saturated heterocycles. The van der Waals surface area contributed by atoms with E-state index < -0.39 is 8.32 Å². The zero-order chi connectivity index (χ0) is 13.0. The van der Waals surface area contributed by atoms with Gasteiger partial charge < -0.3 is 4.43 Å². The van der Waals surface area contributed by atoms with Crippen molar-refractivity contribution in [3.63, 3.8) is 0 Å². The molecule has 0 bridgehead atoms. The van der Waals surface area contributed by atoms with Crippen LogP contribution in [0.4, 0.5) is 0 Å². The van der Waals surface area contributed by atoms with E-state index in [4.69, 9.17) is 4.43 Å². The fraction of sp³-hybridized carbons (Fsp3) is 1.00. The standard InChI is InChI=1S/C13H29IOSi/c1-11(2)12(8-9-14)10-15-16(6,7)13(3,4)5/h11-12H,8-10H2,1-7H3/t12-/m1/s1. The second-order valence-corrected chi connectivity index (χ2v) is 12.4. The van der Waals surface area contributed by atoms with Crippen LogP contribution in [0.5, 0.6) is 0 Å². The molecule has 0 aromatic heterocycles. The van der Waals surface area contributed by atoms with E-state index in [1.54, 1.807) is 0 Å². The number of alkyl halides is 1. The highest BCUT2D eigenvalue weighted by molar-refractivity contribution is 14.1. The lowest BCUT2D eigenvalue weighted by molar-refractivity contribution is 0.190. The fourth-order valence-electron chi connectivity index (χ4n) is 1.28. The van der Waals surface area contributed by atoms with Gasteiger partial charge in [-0.3, -0.25) is 0 Å². The van der Waals surface area contributed by atoms with Gasteiger partial charge in [0.05, 0.1) is 0 Å². The molecule has 16 heavy (non-hydrogen) atoms. The van der Waals surface area contributed by atoms with Crippen molar-refractivity contribution in [2.75, 3.05) is 11.0 Å². The smallest absolute Gasteiger partial charge is 0.191 e. The summed E-state index contributed by atoms with van der Waals surface area (Å²) in [6.45, 7) is 17.2. The molecule has 0 saturated carbocycles. The predicted octanol–water partition coefficient (Wildman–Crippen LogP) is 5.11. The lowest BCUT2D eigenvalue weighted by Gasteiger charge is -2.37. The van der Waals surface area contributed by atoms with Crippen LogP contribution in [-0.4, -0.2) is 19.4 Å². The number of rotatable bonds is 6. The fourth-order valence-corrected chi connectivity index (χ4v) is 3.14. The second kappa shape index (κ2) is 6.74. The molecule has 0 aliphatic carbocycles. The van der Waals surface area contributed by atoms with E-state index in [1.807, 2.05) is 0 Å². The van der Waals surface area contributed by atoms with Gasteiger partial charge in [-0.05, 0) is 40.8 Å². The first-order valence-corrected chi connectivity index (χ1v) is 10.7. The summed E-state index contributed by atoms with van der Waals surface area (Å²) < 4.78 is 7.54. The summed E-state index contributed by atoms with van der Waals surface area (Å²) in [4.78, 5) is 0. The van der Waals surface area contributed by atoms with Crippen molar-refractivity contribution < 1.29 is 4.43 Å². The van der Waals surface area contributed by atoms with Crippen molar-refractivity contribution in [2.45, 2.75) is 59.2 Å². The van der Waals surface area contributed by atoms with E-state index in [1.165, 1.54) is 10.8 Å². The molecule has 0 rings (SSSR count). The van der Waals surface area contributed by atoms with Gasteiger partial charge in [0.2, 0.25) is 0 Å². The lowest BCUT2D eigenvalue weighted by atomic mass is 9.94. The number of hydrogen-bond donors (Lipinski definition) is 0. The largest absolute Gasteiger partial charge is 0.417 e. The second-order valence-electron chi connectivity index (χ2n) is 6.55. The first-order chi connectivity index (χ1) is 7.12. The molecule has 0 aliphatic heterocycles. The maximum absolute atomic E-state index is 6.31. The highest BCUT2D eigenvalue weighted by Crippen LogP contribution is 2.37. The van der Waals surface area contributed by atoms with Crippen molar-refractivity contribution in [3.8, 4) is 0 Å². The normalized spacial score (nSPS) is 15.6. The lowest BCUT2D eigenvalue weighted by Crippen LogP contribution is -2.42. The molecule has 98 valence electrons. The van der Waals surface area contributed by atoms with Gasteiger partial charge in [0.25, 0.3) is 0 Å². The van der Waals surface area contributed by atoms with Gasteiger partial charge in [0.15, 0.2) is 8.32 Å². The molecule has 3 heteroatoms. The molecule has 0 aromatic rings. The summed E-state index contributed by atoms with van der Waals surface area (Å²) in [5.41, 5.74) is 0. The minimum absolute atomic E-state index is 0.332. The van der Waals surface area contributed by atoms with E-state index in [0.29, 0.717) is 5.04 Å². The Morgan fingerprint density at radius 3 is 2.00 bits per heavy atom. The highest BCUT2D eigenvalue weighted by Gasteiger charge is 2.37. The van der Waals surface area contributed by atoms with Crippen molar-refractivity contribution >= 4 is 30.9 Å². The number of halogens is 1. The Bertz CT molecular complexity index is 197. The summed E-state index contributed by atoms with van der Waals surface area (Å²) in [5, 5.41) is 0.332. The highest BCUT2D eigenvalue weighted by atomic mass is 127. The van der Waals surface area contributed by atoms with Crippen LogP contribution < -0.4 is 0 Å². The van der Waals surface area contributed by atoms with E-state index in [9.17, 15) is 0 Å². The molecule has 0 aliphatic rings. The van der Waals surface area contributed by atoms with E-state index in [2.05, 4.69) is 70.3 Å². The molecule has 0 aromatic carbocycles. The predicted molar refractivity (Wildman–Crippen MR) is 85.0 cm³/mol. The van der Waals surface area contributed by atoms with Crippen LogP contribution in [0.15, 0.2) is 0 Å². The Hall–Kier alpha value is 0.907. The summed E-state index contributed by atoms with van der Waals surface area (Å²) in [7, 11) is -1.55. The van der Waals surface area contributed by atoms with Gasteiger partial charge in [-0.1, -0.05) is 57.2 Å². The maximum atomic E-state index is 6.31. The molecule has 0 unspecified atom stereocenters. The van der Waals surface area contributed by atoms with Gasteiger partial charge in [-0.25, -0.2) is 0 Å². The van der Waals surface area contributed by atoms with E-state index in [0.717, 1.165) is 18.4 Å². The van der Waals surface area contributed by atoms with Crippen LogP contribution >= 0.6 is 22.6 Å². The van der Waals surface area contributed by atoms with Crippen molar-refractivity contribution in [1.29, 1.82) is 0 Å². The van der Waals surface area contributed by atoms with Gasteiger partial charge in [-0.15, -0.1) is 0 Å². The average Bonchev–Trinajstić information content (AvgIpc) is 2.09. The molecular weight excluding hydrogens is 327 g/mol.